The van der Waals surface area contributed by atoms with Crippen LogP contribution in [0.3, 0.4) is 0 Å². The first-order chi connectivity index (χ1) is 9.09. The van der Waals surface area contributed by atoms with E-state index in [-0.39, 0.29) is 23.6 Å². The molecule has 0 aliphatic carbocycles. The molecule has 0 radical (unpaired) electrons. The van der Waals surface area contributed by atoms with Crippen LogP contribution < -0.4 is 16.8 Å². The molecule has 0 fully saturated rings. The van der Waals surface area contributed by atoms with Crippen molar-refractivity contribution in [3.05, 3.63) is 59.4 Å². The van der Waals surface area contributed by atoms with Crippen LogP contribution in [0.25, 0.3) is 0 Å². The molecule has 5 N–H and O–H groups in total. The van der Waals surface area contributed by atoms with Crippen molar-refractivity contribution >= 4 is 17.3 Å². The van der Waals surface area contributed by atoms with Crippen LogP contribution in [-0.2, 0) is 6.54 Å². The summed E-state index contributed by atoms with van der Waals surface area (Å²) in [6.45, 7) is 0.277. The largest absolute Gasteiger partial charge is 0.396 e. The predicted molar refractivity (Wildman–Crippen MR) is 73.1 cm³/mol. The number of nitrogen functional groups attached to an aromatic ring is 1. The van der Waals surface area contributed by atoms with Gasteiger partial charge in [0.2, 0.25) is 0 Å². The smallest absolute Gasteiger partial charge is 0.250 e. The normalized spacial score (nSPS) is 10.2. The van der Waals surface area contributed by atoms with E-state index in [1.54, 1.807) is 36.4 Å². The lowest BCUT2D eigenvalue weighted by molar-refractivity contribution is 0.100. The van der Waals surface area contributed by atoms with Gasteiger partial charge in [0.25, 0.3) is 5.91 Å². The van der Waals surface area contributed by atoms with Gasteiger partial charge in [-0.3, -0.25) is 4.79 Å². The van der Waals surface area contributed by atoms with Gasteiger partial charge in [-0.1, -0.05) is 24.3 Å². The zero-order chi connectivity index (χ0) is 13.8. The van der Waals surface area contributed by atoms with Crippen molar-refractivity contribution in [3.8, 4) is 0 Å². The summed E-state index contributed by atoms with van der Waals surface area (Å²) in [7, 11) is 0. The summed E-state index contributed by atoms with van der Waals surface area (Å²) < 4.78 is 13.5. The Bertz CT molecular complexity index is 613. The third-order valence-corrected chi connectivity index (χ3v) is 2.80. The van der Waals surface area contributed by atoms with Gasteiger partial charge in [-0.2, -0.15) is 0 Å². The molecule has 5 heteroatoms. The number of nitrogens with two attached hydrogens (primary N) is 2. The van der Waals surface area contributed by atoms with Crippen LogP contribution in [0.2, 0.25) is 0 Å². The monoisotopic (exact) mass is 259 g/mol. The van der Waals surface area contributed by atoms with Crippen LogP contribution in [0.15, 0.2) is 42.5 Å². The van der Waals surface area contributed by atoms with Crippen molar-refractivity contribution in [1.29, 1.82) is 0 Å². The third kappa shape index (κ3) is 2.82. The Hall–Kier alpha value is -2.56. The molecule has 19 heavy (non-hydrogen) atoms. The number of anilines is 2. The van der Waals surface area contributed by atoms with Gasteiger partial charge in [0.05, 0.1) is 16.9 Å². The van der Waals surface area contributed by atoms with E-state index >= 15 is 0 Å². The fourth-order valence-corrected chi connectivity index (χ4v) is 1.77. The zero-order valence-electron chi connectivity index (χ0n) is 10.2. The number of amides is 1. The molecular weight excluding hydrogens is 245 g/mol. The Morgan fingerprint density at radius 3 is 2.58 bits per heavy atom. The topological polar surface area (TPSA) is 81.1 Å². The summed E-state index contributed by atoms with van der Waals surface area (Å²) in [6.07, 6.45) is 0. The molecule has 4 nitrogen and oxygen atoms in total. The molecule has 0 unspecified atom stereocenters. The highest BCUT2D eigenvalue weighted by Gasteiger charge is 2.09. The Labute approximate surface area is 110 Å². The molecule has 98 valence electrons. The average molecular weight is 259 g/mol. The summed E-state index contributed by atoms with van der Waals surface area (Å²) >= 11 is 0. The van der Waals surface area contributed by atoms with Gasteiger partial charge < -0.3 is 16.8 Å². The van der Waals surface area contributed by atoms with Gasteiger partial charge in [-0.25, -0.2) is 4.39 Å². The van der Waals surface area contributed by atoms with Crippen molar-refractivity contribution in [2.45, 2.75) is 6.54 Å². The number of rotatable bonds is 4. The number of carbonyl (C=O) groups excluding carboxylic acids is 1. The maximum atomic E-state index is 13.5. The Kier molecular flexibility index (Phi) is 3.66. The maximum Gasteiger partial charge on any atom is 0.250 e. The van der Waals surface area contributed by atoms with Gasteiger partial charge in [-0.05, 0) is 18.2 Å². The number of hydrogen-bond donors (Lipinski definition) is 3. The van der Waals surface area contributed by atoms with Gasteiger partial charge in [0, 0.05) is 12.1 Å². The Balaban J connectivity index is 2.19. The Morgan fingerprint density at radius 1 is 1.16 bits per heavy atom. The second-order valence-corrected chi connectivity index (χ2v) is 4.08. The van der Waals surface area contributed by atoms with E-state index in [2.05, 4.69) is 5.32 Å². The minimum absolute atomic E-state index is 0.249. The van der Waals surface area contributed by atoms with Crippen LogP contribution in [0, 0.1) is 5.82 Å². The van der Waals surface area contributed by atoms with E-state index < -0.39 is 5.91 Å². The first-order valence-electron chi connectivity index (χ1n) is 5.75. The highest BCUT2D eigenvalue weighted by molar-refractivity contribution is 6.00. The molecule has 0 aliphatic heterocycles. The second-order valence-electron chi connectivity index (χ2n) is 4.08. The number of para-hydroxylation sites is 1. The Morgan fingerprint density at radius 2 is 1.89 bits per heavy atom. The quantitative estimate of drug-likeness (QED) is 0.736. The summed E-state index contributed by atoms with van der Waals surface area (Å²) in [5, 5.41) is 2.99. The fourth-order valence-electron chi connectivity index (χ4n) is 1.77. The average Bonchev–Trinajstić information content (AvgIpc) is 2.39. The molecule has 0 atom stereocenters. The molecule has 2 aromatic carbocycles. The lowest BCUT2D eigenvalue weighted by atomic mass is 10.1. The molecule has 0 saturated carbocycles. The van der Waals surface area contributed by atoms with Crippen LogP contribution >= 0.6 is 0 Å². The maximum absolute atomic E-state index is 13.5. The van der Waals surface area contributed by atoms with Crippen molar-refractivity contribution < 1.29 is 9.18 Å². The minimum atomic E-state index is -0.591. The fraction of sp³-hybridized carbons (Fsp3) is 0.0714. The van der Waals surface area contributed by atoms with Gasteiger partial charge in [0.1, 0.15) is 5.82 Å². The molecule has 0 heterocycles. The SMILES string of the molecule is NC(=O)c1cccc(NCc2ccccc2F)c1N. The highest BCUT2D eigenvalue weighted by atomic mass is 19.1. The van der Waals surface area contributed by atoms with Gasteiger partial charge >= 0.3 is 0 Å². The number of benzene rings is 2. The lowest BCUT2D eigenvalue weighted by Crippen LogP contribution is -2.15. The number of nitrogens with one attached hydrogen (secondary N) is 1. The highest BCUT2D eigenvalue weighted by Crippen LogP contribution is 2.23. The van der Waals surface area contributed by atoms with Gasteiger partial charge in [-0.15, -0.1) is 0 Å². The summed E-state index contributed by atoms with van der Waals surface area (Å²) in [5.74, 6) is -0.883. The van der Waals surface area contributed by atoms with E-state index in [0.29, 0.717) is 11.3 Å². The molecule has 0 aliphatic rings. The molecular formula is C14H14FN3O. The molecule has 0 saturated heterocycles. The summed E-state index contributed by atoms with van der Waals surface area (Å²) in [4.78, 5) is 11.2. The molecule has 0 spiro atoms. The molecule has 0 bridgehead atoms. The van der Waals surface area contributed by atoms with Gasteiger partial charge in [0.15, 0.2) is 0 Å². The van der Waals surface area contributed by atoms with E-state index in [1.807, 2.05) is 0 Å². The van der Waals surface area contributed by atoms with E-state index in [4.69, 9.17) is 11.5 Å². The van der Waals surface area contributed by atoms with Crippen LogP contribution in [0.5, 0.6) is 0 Å². The minimum Gasteiger partial charge on any atom is -0.396 e. The van der Waals surface area contributed by atoms with E-state index in [1.165, 1.54) is 6.07 Å². The number of primary amides is 1. The molecule has 2 aromatic rings. The number of carbonyl (C=O) groups is 1. The molecule has 0 aromatic heterocycles. The van der Waals surface area contributed by atoms with Crippen molar-refractivity contribution in [1.82, 2.24) is 0 Å². The molecule has 1 amide bonds. The third-order valence-electron chi connectivity index (χ3n) is 2.80. The second kappa shape index (κ2) is 5.39. The zero-order valence-corrected chi connectivity index (χ0v) is 10.2. The number of hydrogen-bond acceptors (Lipinski definition) is 3. The van der Waals surface area contributed by atoms with Crippen LogP contribution in [0.4, 0.5) is 15.8 Å². The van der Waals surface area contributed by atoms with E-state index in [0.717, 1.165) is 0 Å². The van der Waals surface area contributed by atoms with E-state index in [9.17, 15) is 9.18 Å². The molecule has 2 rings (SSSR count). The predicted octanol–water partition coefficient (Wildman–Crippen LogP) is 2.12. The van der Waals surface area contributed by atoms with Crippen LogP contribution in [-0.4, -0.2) is 5.91 Å². The summed E-state index contributed by atoms with van der Waals surface area (Å²) in [6, 6.07) is 11.4. The first kappa shape index (κ1) is 12.9. The lowest BCUT2D eigenvalue weighted by Gasteiger charge is -2.11. The summed E-state index contributed by atoms with van der Waals surface area (Å²) in [5.41, 5.74) is 12.6. The standard InChI is InChI=1S/C14H14FN3O/c15-11-6-2-1-4-9(11)8-18-12-7-3-5-10(13(12)16)14(17)19/h1-7,18H,8,16H2,(H2,17,19). The van der Waals surface area contributed by atoms with Crippen molar-refractivity contribution in [2.75, 3.05) is 11.1 Å². The number of halogens is 1. The van der Waals surface area contributed by atoms with Crippen LogP contribution in [0.1, 0.15) is 15.9 Å². The first-order valence-corrected chi connectivity index (χ1v) is 5.75. The van der Waals surface area contributed by atoms with Crippen molar-refractivity contribution in [2.24, 2.45) is 5.73 Å². The van der Waals surface area contributed by atoms with Crippen molar-refractivity contribution in [3.63, 3.8) is 0 Å².